The first-order valence-electron chi connectivity index (χ1n) is 8.60. The number of carbonyl (C=O) groups excluding carboxylic acids is 1. The lowest BCUT2D eigenvalue weighted by Gasteiger charge is -2.07. The van der Waals surface area contributed by atoms with Crippen LogP contribution in [-0.4, -0.2) is 28.0 Å². The molecule has 0 bridgehead atoms. The number of anilines is 1. The van der Waals surface area contributed by atoms with Crippen molar-refractivity contribution in [2.45, 2.75) is 30.9 Å². The van der Waals surface area contributed by atoms with Crippen molar-refractivity contribution in [1.29, 1.82) is 0 Å². The molecule has 1 heterocycles. The molecule has 2 aromatic carbocycles. The molecule has 6 nitrogen and oxygen atoms in total. The normalized spacial score (nSPS) is 10.8. The third-order valence-electron chi connectivity index (χ3n) is 3.58. The number of ether oxygens (including phenoxy) is 1. The maximum absolute atomic E-state index is 12.1. The molecule has 7 heteroatoms. The second-order valence-corrected chi connectivity index (χ2v) is 7.86. The van der Waals surface area contributed by atoms with Crippen molar-refractivity contribution in [2.75, 3.05) is 11.9 Å². The van der Waals surface area contributed by atoms with Crippen molar-refractivity contribution < 1.29 is 13.9 Å². The van der Waals surface area contributed by atoms with E-state index in [0.29, 0.717) is 16.9 Å². The molecular weight excluding hydrogens is 362 g/mol. The lowest BCUT2D eigenvalue weighted by Crippen LogP contribution is -2.20. The topological polar surface area (TPSA) is 77.2 Å². The smallest absolute Gasteiger partial charge is 0.322 e. The van der Waals surface area contributed by atoms with E-state index in [4.69, 9.17) is 9.15 Å². The molecule has 0 saturated heterocycles. The van der Waals surface area contributed by atoms with Crippen LogP contribution in [0, 0.1) is 6.92 Å². The number of thioether (sulfide) groups is 1. The third kappa shape index (κ3) is 5.34. The van der Waals surface area contributed by atoms with Crippen molar-refractivity contribution >= 4 is 23.7 Å². The maximum atomic E-state index is 12.1. The van der Waals surface area contributed by atoms with Crippen LogP contribution in [0.1, 0.15) is 19.4 Å². The highest BCUT2D eigenvalue weighted by molar-refractivity contribution is 7.99. The minimum atomic E-state index is -0.363. The molecule has 1 aromatic heterocycles. The Balaban J connectivity index is 1.61. The van der Waals surface area contributed by atoms with Crippen molar-refractivity contribution in [1.82, 2.24) is 10.2 Å². The van der Waals surface area contributed by atoms with E-state index in [9.17, 15) is 4.79 Å². The largest absolute Gasteiger partial charge is 0.483 e. The molecule has 1 amide bonds. The van der Waals surface area contributed by atoms with Crippen LogP contribution in [0.3, 0.4) is 0 Å². The molecule has 0 radical (unpaired) electrons. The summed E-state index contributed by atoms with van der Waals surface area (Å²) in [7, 11) is 0. The van der Waals surface area contributed by atoms with Crippen LogP contribution in [-0.2, 0) is 4.79 Å². The van der Waals surface area contributed by atoms with Gasteiger partial charge in [0.15, 0.2) is 6.61 Å². The summed E-state index contributed by atoms with van der Waals surface area (Å²) in [5.74, 6) is 0.659. The van der Waals surface area contributed by atoms with Gasteiger partial charge in [0.2, 0.25) is 5.89 Å². The van der Waals surface area contributed by atoms with Crippen LogP contribution in [0.25, 0.3) is 11.5 Å². The molecular formula is C20H21N3O3S. The number of nitrogens with one attached hydrogen (secondary N) is 1. The number of amides is 1. The Kier molecular flexibility index (Phi) is 6.13. The SMILES string of the molecule is Cc1ccccc1OCC(=O)Nc1nnc(-c2cccc(SC(C)C)c2)o1. The second kappa shape index (κ2) is 8.73. The minimum absolute atomic E-state index is 0.0466. The Labute approximate surface area is 162 Å². The average Bonchev–Trinajstić information content (AvgIpc) is 3.09. The number of rotatable bonds is 7. The van der Waals surface area contributed by atoms with Gasteiger partial charge in [-0.15, -0.1) is 16.9 Å². The van der Waals surface area contributed by atoms with Gasteiger partial charge in [-0.05, 0) is 36.8 Å². The lowest BCUT2D eigenvalue weighted by molar-refractivity contribution is -0.118. The summed E-state index contributed by atoms with van der Waals surface area (Å²) in [6, 6.07) is 15.4. The van der Waals surface area contributed by atoms with E-state index in [2.05, 4.69) is 29.4 Å². The number of hydrogen-bond donors (Lipinski definition) is 1. The highest BCUT2D eigenvalue weighted by Gasteiger charge is 2.13. The summed E-state index contributed by atoms with van der Waals surface area (Å²) >= 11 is 1.75. The quantitative estimate of drug-likeness (QED) is 0.603. The van der Waals surface area contributed by atoms with Gasteiger partial charge in [-0.2, -0.15) is 0 Å². The fourth-order valence-electron chi connectivity index (χ4n) is 2.38. The number of para-hydroxylation sites is 1. The van der Waals surface area contributed by atoms with Gasteiger partial charge in [0, 0.05) is 15.7 Å². The van der Waals surface area contributed by atoms with E-state index in [1.807, 2.05) is 55.5 Å². The Morgan fingerprint density at radius 2 is 2.00 bits per heavy atom. The number of aryl methyl sites for hydroxylation is 1. The molecule has 3 rings (SSSR count). The average molecular weight is 383 g/mol. The number of benzene rings is 2. The molecule has 0 atom stereocenters. The van der Waals surface area contributed by atoms with Crippen LogP contribution < -0.4 is 10.1 Å². The first kappa shape index (κ1) is 19.0. The summed E-state index contributed by atoms with van der Waals surface area (Å²) < 4.78 is 11.1. The van der Waals surface area contributed by atoms with Gasteiger partial charge in [0.05, 0.1) is 0 Å². The zero-order chi connectivity index (χ0) is 19.2. The van der Waals surface area contributed by atoms with E-state index in [1.54, 1.807) is 11.8 Å². The van der Waals surface area contributed by atoms with Crippen molar-refractivity contribution in [3.8, 4) is 17.2 Å². The van der Waals surface area contributed by atoms with Gasteiger partial charge in [-0.1, -0.05) is 43.2 Å². The van der Waals surface area contributed by atoms with Gasteiger partial charge in [0.1, 0.15) is 5.75 Å². The summed E-state index contributed by atoms with van der Waals surface area (Å²) in [5.41, 5.74) is 1.77. The van der Waals surface area contributed by atoms with E-state index >= 15 is 0 Å². The Morgan fingerprint density at radius 3 is 2.78 bits per heavy atom. The van der Waals surface area contributed by atoms with E-state index in [-0.39, 0.29) is 18.5 Å². The van der Waals surface area contributed by atoms with Crippen LogP contribution in [0.5, 0.6) is 5.75 Å². The van der Waals surface area contributed by atoms with Gasteiger partial charge in [0.25, 0.3) is 5.91 Å². The number of hydrogen-bond acceptors (Lipinski definition) is 6. The van der Waals surface area contributed by atoms with E-state index in [1.165, 1.54) is 0 Å². The zero-order valence-corrected chi connectivity index (χ0v) is 16.2. The molecule has 140 valence electrons. The van der Waals surface area contributed by atoms with Gasteiger partial charge in [-0.3, -0.25) is 10.1 Å². The predicted octanol–water partition coefficient (Wildman–Crippen LogP) is 4.56. The standard InChI is InChI=1S/C20H21N3O3S/c1-13(2)27-16-9-6-8-15(11-16)19-22-23-20(26-19)21-18(24)12-25-17-10-5-4-7-14(17)3/h4-11,13H,12H2,1-3H3,(H,21,23,24). The fraction of sp³-hybridized carbons (Fsp3) is 0.250. The molecule has 0 fully saturated rings. The third-order valence-corrected chi connectivity index (χ3v) is 4.57. The first-order valence-corrected chi connectivity index (χ1v) is 9.48. The zero-order valence-electron chi connectivity index (χ0n) is 15.4. The van der Waals surface area contributed by atoms with Crippen molar-refractivity contribution in [3.05, 3.63) is 54.1 Å². The van der Waals surface area contributed by atoms with Crippen LogP contribution in [0.2, 0.25) is 0 Å². The van der Waals surface area contributed by atoms with E-state index in [0.717, 1.165) is 16.0 Å². The number of nitrogens with zero attached hydrogens (tertiary/aromatic N) is 2. The second-order valence-electron chi connectivity index (χ2n) is 6.21. The van der Waals surface area contributed by atoms with Crippen molar-refractivity contribution in [3.63, 3.8) is 0 Å². The highest BCUT2D eigenvalue weighted by atomic mass is 32.2. The van der Waals surface area contributed by atoms with Gasteiger partial charge >= 0.3 is 6.01 Å². The van der Waals surface area contributed by atoms with Gasteiger partial charge in [-0.25, -0.2) is 0 Å². The first-order chi connectivity index (χ1) is 13.0. The molecule has 0 aliphatic heterocycles. The Hall–Kier alpha value is -2.80. The number of aromatic nitrogens is 2. The highest BCUT2D eigenvalue weighted by Crippen LogP contribution is 2.28. The lowest BCUT2D eigenvalue weighted by atomic mass is 10.2. The summed E-state index contributed by atoms with van der Waals surface area (Å²) in [4.78, 5) is 13.2. The Bertz CT molecular complexity index is 924. The minimum Gasteiger partial charge on any atom is -0.483 e. The molecule has 0 aliphatic rings. The summed E-state index contributed by atoms with van der Waals surface area (Å²) in [6.07, 6.45) is 0. The van der Waals surface area contributed by atoms with Crippen LogP contribution >= 0.6 is 11.8 Å². The maximum Gasteiger partial charge on any atom is 0.322 e. The molecule has 0 unspecified atom stereocenters. The van der Waals surface area contributed by atoms with Gasteiger partial charge < -0.3 is 9.15 Å². The van der Waals surface area contributed by atoms with Crippen LogP contribution in [0.15, 0.2) is 57.8 Å². The molecule has 27 heavy (non-hydrogen) atoms. The predicted molar refractivity (Wildman–Crippen MR) is 106 cm³/mol. The molecule has 0 aliphatic carbocycles. The molecule has 0 saturated carbocycles. The summed E-state index contributed by atoms with van der Waals surface area (Å²) in [6.45, 7) is 6.06. The monoisotopic (exact) mass is 383 g/mol. The molecule has 0 spiro atoms. The molecule has 3 aromatic rings. The van der Waals surface area contributed by atoms with Crippen molar-refractivity contribution in [2.24, 2.45) is 0 Å². The Morgan fingerprint density at radius 1 is 1.19 bits per heavy atom. The van der Waals surface area contributed by atoms with Crippen LogP contribution in [0.4, 0.5) is 6.01 Å². The summed E-state index contributed by atoms with van der Waals surface area (Å²) in [5, 5.41) is 10.9. The van der Waals surface area contributed by atoms with E-state index < -0.39 is 0 Å². The molecule has 1 N–H and O–H groups in total. The number of carbonyl (C=O) groups is 1. The fourth-order valence-corrected chi connectivity index (χ4v) is 3.28.